The highest BCUT2D eigenvalue weighted by Crippen LogP contribution is 2.23. The van der Waals surface area contributed by atoms with Gasteiger partial charge in [0.1, 0.15) is 0 Å². The first-order chi connectivity index (χ1) is 7.21. The van der Waals surface area contributed by atoms with Gasteiger partial charge in [-0.25, -0.2) is 0 Å². The second-order valence-electron chi connectivity index (χ2n) is 5.39. The monoisotopic (exact) mass is 241 g/mol. The van der Waals surface area contributed by atoms with Crippen LogP contribution < -0.4 is 5.32 Å². The minimum Gasteiger partial charge on any atom is -0.384 e. The molecule has 1 unspecified atom stereocenters. The molecule has 0 saturated carbocycles. The molecule has 0 aliphatic carbocycles. The van der Waals surface area contributed by atoms with Crippen molar-refractivity contribution < 1.29 is 5.11 Å². The zero-order valence-electron chi connectivity index (χ0n) is 10.3. The van der Waals surface area contributed by atoms with Gasteiger partial charge in [-0.05, 0) is 45.4 Å². The smallest absolute Gasteiger partial charge is 0.0993 e. The number of benzene rings is 1. The Morgan fingerprint density at radius 2 is 1.88 bits per heavy atom. The van der Waals surface area contributed by atoms with Crippen molar-refractivity contribution in [1.82, 2.24) is 5.32 Å². The van der Waals surface area contributed by atoms with Crippen LogP contribution >= 0.6 is 11.6 Å². The summed E-state index contributed by atoms with van der Waals surface area (Å²) in [5, 5.41) is 14.3. The molecule has 0 heterocycles. The van der Waals surface area contributed by atoms with E-state index in [2.05, 4.69) is 26.1 Å². The maximum absolute atomic E-state index is 10.4. The fourth-order valence-corrected chi connectivity index (χ4v) is 1.55. The van der Waals surface area contributed by atoms with Crippen LogP contribution in [-0.4, -0.2) is 17.2 Å². The molecule has 2 nitrogen and oxygen atoms in total. The van der Waals surface area contributed by atoms with Crippen LogP contribution in [0.5, 0.6) is 0 Å². The van der Waals surface area contributed by atoms with E-state index in [4.69, 9.17) is 11.6 Å². The first-order valence-corrected chi connectivity index (χ1v) is 5.82. The van der Waals surface area contributed by atoms with Gasteiger partial charge in [0, 0.05) is 17.1 Å². The van der Waals surface area contributed by atoms with Crippen molar-refractivity contribution in [1.29, 1.82) is 0 Å². The lowest BCUT2D eigenvalue weighted by Gasteiger charge is -2.29. The molecule has 1 atom stereocenters. The first-order valence-electron chi connectivity index (χ1n) is 5.44. The van der Waals surface area contributed by atoms with Crippen LogP contribution in [0, 0.1) is 0 Å². The van der Waals surface area contributed by atoms with E-state index in [1.165, 1.54) is 0 Å². The van der Waals surface area contributed by atoms with Gasteiger partial charge >= 0.3 is 0 Å². The van der Waals surface area contributed by atoms with E-state index >= 15 is 0 Å². The molecule has 0 aromatic heterocycles. The molecular formula is C13H20ClNO. The van der Waals surface area contributed by atoms with Crippen molar-refractivity contribution in [2.45, 2.75) is 38.8 Å². The largest absolute Gasteiger partial charge is 0.384 e. The summed E-state index contributed by atoms with van der Waals surface area (Å²) in [5.41, 5.74) is -0.0856. The van der Waals surface area contributed by atoms with E-state index in [0.29, 0.717) is 11.6 Å². The van der Waals surface area contributed by atoms with Crippen LogP contribution in [0.3, 0.4) is 0 Å². The third-order valence-electron chi connectivity index (χ3n) is 2.41. The second kappa shape index (κ2) is 4.74. The summed E-state index contributed by atoms with van der Waals surface area (Å²) in [7, 11) is 0. The van der Waals surface area contributed by atoms with Crippen molar-refractivity contribution >= 4 is 11.6 Å². The number of hydrogen-bond donors (Lipinski definition) is 2. The number of hydrogen-bond acceptors (Lipinski definition) is 2. The zero-order valence-corrected chi connectivity index (χ0v) is 11.1. The van der Waals surface area contributed by atoms with Crippen LogP contribution in [0.15, 0.2) is 24.3 Å². The lowest BCUT2D eigenvalue weighted by atomic mass is 9.95. The van der Waals surface area contributed by atoms with E-state index in [1.54, 1.807) is 19.1 Å². The SMILES string of the molecule is CC(C)(C)NCC(C)(O)c1cccc(Cl)c1. The van der Waals surface area contributed by atoms with Crippen LogP contribution in [0.1, 0.15) is 33.3 Å². The summed E-state index contributed by atoms with van der Waals surface area (Å²) < 4.78 is 0. The highest BCUT2D eigenvalue weighted by Gasteiger charge is 2.25. The highest BCUT2D eigenvalue weighted by molar-refractivity contribution is 6.30. The molecule has 0 spiro atoms. The normalized spacial score (nSPS) is 15.9. The van der Waals surface area contributed by atoms with Crippen LogP contribution in [0.25, 0.3) is 0 Å². The maximum Gasteiger partial charge on any atom is 0.0993 e. The number of rotatable bonds is 3. The molecule has 1 rings (SSSR count). The molecule has 0 radical (unpaired) electrons. The molecule has 3 heteroatoms. The highest BCUT2D eigenvalue weighted by atomic mass is 35.5. The van der Waals surface area contributed by atoms with Gasteiger partial charge < -0.3 is 10.4 Å². The molecule has 2 N–H and O–H groups in total. The summed E-state index contributed by atoms with van der Waals surface area (Å²) in [4.78, 5) is 0. The summed E-state index contributed by atoms with van der Waals surface area (Å²) in [6.45, 7) is 8.50. The molecule has 0 amide bonds. The molecule has 0 aliphatic rings. The molecule has 0 aliphatic heterocycles. The Kier molecular flexibility index (Phi) is 4.00. The Balaban J connectivity index is 2.77. The fraction of sp³-hybridized carbons (Fsp3) is 0.538. The van der Waals surface area contributed by atoms with Gasteiger partial charge in [-0.15, -0.1) is 0 Å². The Morgan fingerprint density at radius 3 is 2.38 bits per heavy atom. The average Bonchev–Trinajstić information content (AvgIpc) is 2.14. The van der Waals surface area contributed by atoms with E-state index in [-0.39, 0.29) is 5.54 Å². The summed E-state index contributed by atoms with van der Waals surface area (Å²) in [5.74, 6) is 0. The van der Waals surface area contributed by atoms with Gasteiger partial charge in [0.15, 0.2) is 0 Å². The molecule has 0 bridgehead atoms. The predicted octanol–water partition coefficient (Wildman–Crippen LogP) is 2.94. The second-order valence-corrected chi connectivity index (χ2v) is 5.82. The fourth-order valence-electron chi connectivity index (χ4n) is 1.36. The van der Waals surface area contributed by atoms with Crippen molar-refractivity contribution in [2.24, 2.45) is 0 Å². The quantitative estimate of drug-likeness (QED) is 0.853. The third-order valence-corrected chi connectivity index (χ3v) is 2.64. The van der Waals surface area contributed by atoms with Gasteiger partial charge in [-0.1, -0.05) is 23.7 Å². The first kappa shape index (κ1) is 13.5. The third kappa shape index (κ3) is 4.12. The van der Waals surface area contributed by atoms with E-state index in [9.17, 15) is 5.11 Å². The lowest BCUT2D eigenvalue weighted by Crippen LogP contribution is -2.44. The van der Waals surface area contributed by atoms with Crippen molar-refractivity contribution in [3.63, 3.8) is 0 Å². The maximum atomic E-state index is 10.4. The van der Waals surface area contributed by atoms with Crippen molar-refractivity contribution in [3.05, 3.63) is 34.9 Å². The lowest BCUT2D eigenvalue weighted by molar-refractivity contribution is 0.0502. The molecule has 90 valence electrons. The molecular weight excluding hydrogens is 222 g/mol. The molecule has 1 aromatic rings. The Labute approximate surface area is 103 Å². The van der Waals surface area contributed by atoms with E-state index in [1.807, 2.05) is 12.1 Å². The standard InChI is InChI=1S/C13H20ClNO/c1-12(2,3)15-9-13(4,16)10-6-5-7-11(14)8-10/h5-8,15-16H,9H2,1-4H3. The number of halogens is 1. The topological polar surface area (TPSA) is 32.3 Å². The minimum absolute atomic E-state index is 0.0113. The summed E-state index contributed by atoms with van der Waals surface area (Å²) in [6.07, 6.45) is 0. The van der Waals surface area contributed by atoms with Crippen molar-refractivity contribution in [2.75, 3.05) is 6.54 Å². The van der Waals surface area contributed by atoms with Gasteiger partial charge in [0.25, 0.3) is 0 Å². The number of nitrogens with one attached hydrogen (secondary N) is 1. The Hall–Kier alpha value is -0.570. The number of aliphatic hydroxyl groups is 1. The molecule has 0 fully saturated rings. The van der Waals surface area contributed by atoms with Gasteiger partial charge in [0.05, 0.1) is 5.60 Å². The number of β-amino-alcohol motifs (C(OH)–C–C–N with tert-alkyl or cyclic N) is 1. The molecule has 16 heavy (non-hydrogen) atoms. The van der Waals surface area contributed by atoms with Crippen molar-refractivity contribution in [3.8, 4) is 0 Å². The molecule has 1 aromatic carbocycles. The van der Waals surface area contributed by atoms with Crippen LogP contribution in [-0.2, 0) is 5.60 Å². The van der Waals surface area contributed by atoms with Crippen LogP contribution in [0.2, 0.25) is 5.02 Å². The Bertz CT molecular complexity index is 355. The summed E-state index contributed by atoms with van der Waals surface area (Å²) in [6, 6.07) is 7.34. The van der Waals surface area contributed by atoms with E-state index in [0.717, 1.165) is 5.56 Å². The van der Waals surface area contributed by atoms with Crippen LogP contribution in [0.4, 0.5) is 0 Å². The van der Waals surface area contributed by atoms with Gasteiger partial charge in [-0.2, -0.15) is 0 Å². The van der Waals surface area contributed by atoms with Gasteiger partial charge in [0.2, 0.25) is 0 Å². The predicted molar refractivity (Wildman–Crippen MR) is 68.8 cm³/mol. The Morgan fingerprint density at radius 1 is 1.25 bits per heavy atom. The molecule has 0 saturated heterocycles. The summed E-state index contributed by atoms with van der Waals surface area (Å²) >= 11 is 5.91. The van der Waals surface area contributed by atoms with E-state index < -0.39 is 5.60 Å². The van der Waals surface area contributed by atoms with Gasteiger partial charge in [-0.3, -0.25) is 0 Å². The minimum atomic E-state index is -0.905. The average molecular weight is 242 g/mol. The zero-order chi connectivity index (χ0) is 12.4.